The third-order valence-electron chi connectivity index (χ3n) is 4.05. The maximum atomic E-state index is 12.2. The SMILES string of the molecule is Cc1cc(NC(=O)NC(=O)c2ccccc2Cl)nc(C)c1-c1ccccc1. The molecule has 6 heteroatoms. The molecule has 27 heavy (non-hydrogen) atoms. The fraction of sp³-hybridized carbons (Fsp3) is 0.0952. The van der Waals surface area contributed by atoms with Crippen molar-refractivity contribution in [2.45, 2.75) is 13.8 Å². The van der Waals surface area contributed by atoms with Crippen molar-refractivity contribution in [1.82, 2.24) is 10.3 Å². The minimum atomic E-state index is -0.668. The molecule has 0 saturated carbocycles. The van der Waals surface area contributed by atoms with Crippen LogP contribution < -0.4 is 10.6 Å². The number of rotatable bonds is 3. The molecule has 2 aromatic carbocycles. The molecule has 0 saturated heterocycles. The number of carbonyl (C=O) groups excluding carboxylic acids is 2. The Morgan fingerprint density at radius 3 is 2.30 bits per heavy atom. The minimum absolute atomic E-state index is 0.231. The first-order valence-corrected chi connectivity index (χ1v) is 8.74. The van der Waals surface area contributed by atoms with Gasteiger partial charge in [-0.15, -0.1) is 0 Å². The summed E-state index contributed by atoms with van der Waals surface area (Å²) in [5.41, 5.74) is 4.07. The number of benzene rings is 2. The lowest BCUT2D eigenvalue weighted by molar-refractivity contribution is 0.0967. The lowest BCUT2D eigenvalue weighted by atomic mass is 9.99. The van der Waals surface area contributed by atoms with Gasteiger partial charge in [0.2, 0.25) is 0 Å². The quantitative estimate of drug-likeness (QED) is 0.674. The Kier molecular flexibility index (Phi) is 5.52. The molecule has 1 aromatic heterocycles. The highest BCUT2D eigenvalue weighted by atomic mass is 35.5. The van der Waals surface area contributed by atoms with E-state index in [9.17, 15) is 9.59 Å². The molecular formula is C21H18ClN3O2. The first-order chi connectivity index (χ1) is 13.0. The van der Waals surface area contributed by atoms with Crippen molar-refractivity contribution in [3.63, 3.8) is 0 Å². The van der Waals surface area contributed by atoms with Crippen molar-refractivity contribution >= 4 is 29.4 Å². The lowest BCUT2D eigenvalue weighted by Crippen LogP contribution is -2.34. The highest BCUT2D eigenvalue weighted by molar-refractivity contribution is 6.34. The third-order valence-corrected chi connectivity index (χ3v) is 4.38. The van der Waals surface area contributed by atoms with E-state index in [-0.39, 0.29) is 10.6 Å². The van der Waals surface area contributed by atoms with E-state index >= 15 is 0 Å². The van der Waals surface area contributed by atoms with E-state index in [4.69, 9.17) is 11.6 Å². The number of amides is 3. The van der Waals surface area contributed by atoms with Crippen molar-refractivity contribution < 1.29 is 9.59 Å². The number of pyridine rings is 1. The third kappa shape index (κ3) is 4.33. The van der Waals surface area contributed by atoms with Gasteiger partial charge < -0.3 is 0 Å². The normalized spacial score (nSPS) is 10.3. The predicted octanol–water partition coefficient (Wildman–Crippen LogP) is 4.98. The molecule has 0 bridgehead atoms. The highest BCUT2D eigenvalue weighted by Crippen LogP contribution is 2.27. The zero-order valence-corrected chi connectivity index (χ0v) is 15.7. The van der Waals surface area contributed by atoms with Gasteiger partial charge in [-0.1, -0.05) is 54.1 Å². The highest BCUT2D eigenvalue weighted by Gasteiger charge is 2.15. The summed E-state index contributed by atoms with van der Waals surface area (Å²) in [4.78, 5) is 28.8. The Bertz CT molecular complexity index is 980. The van der Waals surface area contributed by atoms with Crippen LogP contribution in [0, 0.1) is 13.8 Å². The predicted molar refractivity (Wildman–Crippen MR) is 107 cm³/mol. The van der Waals surface area contributed by atoms with Crippen LogP contribution in [0.1, 0.15) is 21.6 Å². The summed E-state index contributed by atoms with van der Waals surface area (Å²) in [6.07, 6.45) is 0. The van der Waals surface area contributed by atoms with Gasteiger partial charge in [-0.2, -0.15) is 0 Å². The van der Waals surface area contributed by atoms with Crippen molar-refractivity contribution in [3.05, 3.63) is 82.5 Å². The maximum Gasteiger partial charge on any atom is 0.327 e. The van der Waals surface area contributed by atoms with Gasteiger partial charge in [0.15, 0.2) is 0 Å². The minimum Gasteiger partial charge on any atom is -0.292 e. The van der Waals surface area contributed by atoms with E-state index in [1.54, 1.807) is 30.3 Å². The number of hydrogen-bond acceptors (Lipinski definition) is 3. The monoisotopic (exact) mass is 379 g/mol. The summed E-state index contributed by atoms with van der Waals surface area (Å²) in [5.74, 6) is -0.207. The van der Waals surface area contributed by atoms with E-state index in [1.165, 1.54) is 0 Å². The Morgan fingerprint density at radius 1 is 0.963 bits per heavy atom. The van der Waals surface area contributed by atoms with Gasteiger partial charge >= 0.3 is 6.03 Å². The van der Waals surface area contributed by atoms with Crippen LogP contribution in [0.5, 0.6) is 0 Å². The number of imide groups is 1. The Hall–Kier alpha value is -3.18. The first kappa shape index (κ1) is 18.6. The van der Waals surface area contributed by atoms with Crippen LogP contribution in [0.15, 0.2) is 60.7 Å². The Balaban J connectivity index is 1.75. The molecule has 3 amide bonds. The largest absolute Gasteiger partial charge is 0.327 e. The van der Waals surface area contributed by atoms with Crippen LogP contribution in [-0.4, -0.2) is 16.9 Å². The molecule has 0 radical (unpaired) electrons. The molecule has 0 aliphatic carbocycles. The molecule has 0 aliphatic rings. The smallest absolute Gasteiger partial charge is 0.292 e. The number of hydrogen-bond donors (Lipinski definition) is 2. The molecule has 5 nitrogen and oxygen atoms in total. The summed E-state index contributed by atoms with van der Waals surface area (Å²) < 4.78 is 0. The van der Waals surface area contributed by atoms with E-state index in [0.29, 0.717) is 5.82 Å². The standard InChI is InChI=1S/C21H18ClN3O2/c1-13-12-18(23-14(2)19(13)15-8-4-3-5-9-15)24-21(27)25-20(26)16-10-6-7-11-17(16)22/h3-12H,1-2H3,(H2,23,24,25,26,27). The summed E-state index contributed by atoms with van der Waals surface area (Å²) in [6.45, 7) is 3.84. The van der Waals surface area contributed by atoms with Crippen LogP contribution in [-0.2, 0) is 0 Å². The zero-order chi connectivity index (χ0) is 19.4. The molecule has 0 unspecified atom stereocenters. The summed E-state index contributed by atoms with van der Waals surface area (Å²) >= 11 is 5.98. The molecule has 2 N–H and O–H groups in total. The molecule has 136 valence electrons. The number of anilines is 1. The summed E-state index contributed by atoms with van der Waals surface area (Å²) in [5, 5.41) is 5.13. The van der Waals surface area contributed by atoms with Crippen molar-refractivity contribution in [1.29, 1.82) is 0 Å². The van der Waals surface area contributed by atoms with Crippen LogP contribution in [0.2, 0.25) is 5.02 Å². The van der Waals surface area contributed by atoms with E-state index < -0.39 is 11.9 Å². The number of carbonyl (C=O) groups is 2. The number of nitrogens with zero attached hydrogens (tertiary/aromatic N) is 1. The molecular weight excluding hydrogens is 362 g/mol. The Morgan fingerprint density at radius 2 is 1.63 bits per heavy atom. The van der Waals surface area contributed by atoms with Crippen LogP contribution in [0.3, 0.4) is 0 Å². The van der Waals surface area contributed by atoms with Crippen LogP contribution in [0.4, 0.5) is 10.6 Å². The Labute approximate surface area is 162 Å². The van der Waals surface area contributed by atoms with Gasteiger partial charge in [-0.3, -0.25) is 15.4 Å². The van der Waals surface area contributed by atoms with E-state index in [0.717, 1.165) is 22.4 Å². The topological polar surface area (TPSA) is 71.1 Å². The average molecular weight is 380 g/mol. The van der Waals surface area contributed by atoms with Crippen molar-refractivity contribution in [2.24, 2.45) is 0 Å². The lowest BCUT2D eigenvalue weighted by Gasteiger charge is -2.13. The second-order valence-electron chi connectivity index (χ2n) is 6.04. The first-order valence-electron chi connectivity index (χ1n) is 8.36. The van der Waals surface area contributed by atoms with Crippen LogP contribution in [0.25, 0.3) is 11.1 Å². The molecule has 3 rings (SSSR count). The summed E-state index contributed by atoms with van der Waals surface area (Å²) in [7, 11) is 0. The fourth-order valence-corrected chi connectivity index (χ4v) is 3.12. The van der Waals surface area contributed by atoms with E-state index in [1.807, 2.05) is 44.2 Å². The van der Waals surface area contributed by atoms with Gasteiger partial charge in [0.05, 0.1) is 10.6 Å². The molecule has 3 aromatic rings. The number of aromatic nitrogens is 1. The van der Waals surface area contributed by atoms with Gasteiger partial charge in [0, 0.05) is 11.3 Å². The molecule has 0 fully saturated rings. The van der Waals surface area contributed by atoms with Gasteiger partial charge in [0.25, 0.3) is 5.91 Å². The van der Waals surface area contributed by atoms with Gasteiger partial charge in [0.1, 0.15) is 5.82 Å². The van der Waals surface area contributed by atoms with Gasteiger partial charge in [-0.05, 0) is 43.2 Å². The molecule has 0 aliphatic heterocycles. The summed E-state index contributed by atoms with van der Waals surface area (Å²) in [6, 6.07) is 17.5. The number of aryl methyl sites for hydroxylation is 2. The number of urea groups is 1. The molecule has 0 spiro atoms. The fourth-order valence-electron chi connectivity index (χ4n) is 2.90. The second kappa shape index (κ2) is 8.01. The second-order valence-corrected chi connectivity index (χ2v) is 6.45. The van der Waals surface area contributed by atoms with E-state index in [2.05, 4.69) is 15.6 Å². The molecule has 0 atom stereocenters. The van der Waals surface area contributed by atoms with Gasteiger partial charge in [-0.25, -0.2) is 9.78 Å². The van der Waals surface area contributed by atoms with Crippen molar-refractivity contribution in [2.75, 3.05) is 5.32 Å². The molecule has 1 heterocycles. The average Bonchev–Trinajstić information content (AvgIpc) is 2.62. The number of halogens is 1. The maximum absolute atomic E-state index is 12.2. The van der Waals surface area contributed by atoms with Crippen molar-refractivity contribution in [3.8, 4) is 11.1 Å². The zero-order valence-electron chi connectivity index (χ0n) is 14.9. The number of nitrogens with one attached hydrogen (secondary N) is 2. The van der Waals surface area contributed by atoms with Crippen LogP contribution >= 0.6 is 11.6 Å².